The van der Waals surface area contributed by atoms with Crippen LogP contribution in [0, 0.1) is 11.7 Å². The molecule has 9 heteroatoms. The van der Waals surface area contributed by atoms with E-state index in [1.165, 1.54) is 42.5 Å². The molecule has 1 saturated carbocycles. The maximum Gasteiger partial charge on any atom is 0.220 e. The summed E-state index contributed by atoms with van der Waals surface area (Å²) in [6.07, 6.45) is 7.67. The van der Waals surface area contributed by atoms with Crippen LogP contribution in [-0.4, -0.2) is 49.0 Å². The standard InChI is InChI=1S/C33H37FN4O3S/c34-26-8-9-27(29(20-26)41-16-15-40-14-13-36-30(39)18-22-4-2-1-3-5-22)32-33-28(11-17-42-33)31(37-38-32)24-6-7-25-21-35-12-10-23(25)19-24/h6-9,11,17,19-20,22,35H,1-5,10,12-16,18,21H2,(H,36,39). The monoisotopic (exact) mass is 588 g/mol. The molecule has 2 aromatic carbocycles. The molecular formula is C33H37FN4O3S. The molecule has 1 aliphatic carbocycles. The van der Waals surface area contributed by atoms with E-state index in [0.717, 1.165) is 53.7 Å². The van der Waals surface area contributed by atoms with Gasteiger partial charge in [-0.3, -0.25) is 4.79 Å². The van der Waals surface area contributed by atoms with Crippen molar-refractivity contribution in [2.45, 2.75) is 51.5 Å². The Morgan fingerprint density at radius 2 is 1.88 bits per heavy atom. The number of thiophene rings is 1. The predicted molar refractivity (Wildman–Crippen MR) is 164 cm³/mol. The van der Waals surface area contributed by atoms with Crippen LogP contribution in [0.5, 0.6) is 5.75 Å². The third-order valence-electron chi connectivity index (χ3n) is 8.20. The summed E-state index contributed by atoms with van der Waals surface area (Å²) in [6.45, 7) is 3.30. The largest absolute Gasteiger partial charge is 0.490 e. The van der Waals surface area contributed by atoms with Crippen molar-refractivity contribution in [2.24, 2.45) is 5.92 Å². The number of ether oxygens (including phenoxy) is 2. The van der Waals surface area contributed by atoms with Crippen LogP contribution in [0.25, 0.3) is 32.6 Å². The van der Waals surface area contributed by atoms with Crippen LogP contribution in [0.15, 0.2) is 47.8 Å². The van der Waals surface area contributed by atoms with Crippen molar-refractivity contribution in [3.63, 3.8) is 0 Å². The fraction of sp³-hybridized carbons (Fsp3) is 0.424. The Kier molecular flexibility index (Phi) is 9.37. The lowest BCUT2D eigenvalue weighted by atomic mass is 9.87. The molecular weight excluding hydrogens is 551 g/mol. The third-order valence-corrected chi connectivity index (χ3v) is 9.12. The van der Waals surface area contributed by atoms with Gasteiger partial charge in [0.1, 0.15) is 29.6 Å². The summed E-state index contributed by atoms with van der Waals surface area (Å²) < 4.78 is 26.9. The second kappa shape index (κ2) is 13.7. The number of rotatable bonds is 11. The molecule has 2 aromatic heterocycles. The number of carbonyl (C=O) groups is 1. The van der Waals surface area contributed by atoms with Gasteiger partial charge in [0.15, 0.2) is 0 Å². The summed E-state index contributed by atoms with van der Waals surface area (Å²) in [5, 5.41) is 18.7. The Labute approximate surface area is 249 Å². The topological polar surface area (TPSA) is 85.4 Å². The smallest absolute Gasteiger partial charge is 0.220 e. The second-order valence-electron chi connectivity index (χ2n) is 11.1. The summed E-state index contributed by atoms with van der Waals surface area (Å²) in [4.78, 5) is 12.2. The summed E-state index contributed by atoms with van der Waals surface area (Å²) in [5.74, 6) is 0.636. The fourth-order valence-electron chi connectivity index (χ4n) is 6.00. The normalized spacial score (nSPS) is 15.5. The second-order valence-corrected chi connectivity index (χ2v) is 12.0. The number of halogens is 1. The lowest BCUT2D eigenvalue weighted by Gasteiger charge is -2.20. The van der Waals surface area contributed by atoms with Crippen LogP contribution < -0.4 is 15.4 Å². The van der Waals surface area contributed by atoms with E-state index < -0.39 is 0 Å². The Morgan fingerprint density at radius 3 is 2.79 bits per heavy atom. The van der Waals surface area contributed by atoms with Gasteiger partial charge < -0.3 is 20.1 Å². The number of fused-ring (bicyclic) bond motifs is 2. The van der Waals surface area contributed by atoms with Gasteiger partial charge in [-0.2, -0.15) is 0 Å². The molecule has 0 bridgehead atoms. The van der Waals surface area contributed by atoms with Crippen LogP contribution in [0.2, 0.25) is 0 Å². The van der Waals surface area contributed by atoms with Crippen LogP contribution >= 0.6 is 11.3 Å². The third kappa shape index (κ3) is 6.80. The summed E-state index contributed by atoms with van der Waals surface area (Å²) in [7, 11) is 0. The van der Waals surface area contributed by atoms with Gasteiger partial charge in [-0.25, -0.2) is 4.39 Å². The van der Waals surface area contributed by atoms with E-state index in [0.29, 0.717) is 49.1 Å². The average Bonchev–Trinajstić information content (AvgIpc) is 3.51. The molecule has 7 nitrogen and oxygen atoms in total. The van der Waals surface area contributed by atoms with Crippen LogP contribution in [0.1, 0.15) is 49.7 Å². The van der Waals surface area contributed by atoms with Crippen molar-refractivity contribution in [1.82, 2.24) is 20.8 Å². The van der Waals surface area contributed by atoms with Crippen LogP contribution in [-0.2, 0) is 22.5 Å². The first kappa shape index (κ1) is 28.7. The number of aromatic nitrogens is 2. The van der Waals surface area contributed by atoms with Gasteiger partial charge in [0.2, 0.25) is 5.91 Å². The number of hydrogen-bond acceptors (Lipinski definition) is 7. The molecule has 1 aliphatic heterocycles. The van der Waals surface area contributed by atoms with Crippen molar-refractivity contribution >= 4 is 27.3 Å². The van der Waals surface area contributed by atoms with Gasteiger partial charge in [-0.05, 0) is 72.5 Å². The van der Waals surface area contributed by atoms with E-state index in [9.17, 15) is 9.18 Å². The maximum absolute atomic E-state index is 14.3. The number of hydrogen-bond donors (Lipinski definition) is 2. The Morgan fingerprint density at radius 1 is 1.00 bits per heavy atom. The number of benzene rings is 2. The number of carbonyl (C=O) groups excluding carboxylic acids is 1. The van der Waals surface area contributed by atoms with E-state index in [-0.39, 0.29) is 18.3 Å². The Hall–Kier alpha value is -3.40. The first-order valence-corrected chi connectivity index (χ1v) is 15.9. The van der Waals surface area contributed by atoms with E-state index in [1.54, 1.807) is 17.4 Å². The molecule has 0 spiro atoms. The molecule has 0 saturated heterocycles. The Bertz CT molecular complexity index is 1540. The number of amides is 1. The highest BCUT2D eigenvalue weighted by molar-refractivity contribution is 7.17. The zero-order valence-electron chi connectivity index (χ0n) is 23.8. The molecule has 4 aromatic rings. The fourth-order valence-corrected chi connectivity index (χ4v) is 6.90. The SMILES string of the molecule is O=C(CC1CCCCC1)NCCOCCOc1cc(F)ccc1-c1nnc(-c2ccc3c(c2)CCNC3)c2ccsc12. The molecule has 42 heavy (non-hydrogen) atoms. The quantitative estimate of drug-likeness (QED) is 0.200. The first-order chi connectivity index (χ1) is 20.7. The van der Waals surface area contributed by atoms with E-state index in [4.69, 9.17) is 9.47 Å². The van der Waals surface area contributed by atoms with E-state index >= 15 is 0 Å². The molecule has 0 radical (unpaired) electrons. The summed E-state index contributed by atoms with van der Waals surface area (Å²) >= 11 is 1.59. The minimum atomic E-state index is -0.383. The lowest BCUT2D eigenvalue weighted by Crippen LogP contribution is -2.29. The molecule has 2 N–H and O–H groups in total. The van der Waals surface area contributed by atoms with E-state index in [2.05, 4.69) is 45.1 Å². The van der Waals surface area contributed by atoms with Crippen molar-refractivity contribution in [3.8, 4) is 28.3 Å². The van der Waals surface area contributed by atoms with Crippen molar-refractivity contribution in [2.75, 3.05) is 32.9 Å². The molecule has 0 unspecified atom stereocenters. The summed E-state index contributed by atoms with van der Waals surface area (Å²) in [6, 6.07) is 13.1. The zero-order chi connectivity index (χ0) is 28.7. The minimum Gasteiger partial charge on any atom is -0.490 e. The van der Waals surface area contributed by atoms with Gasteiger partial charge in [-0.15, -0.1) is 21.5 Å². The highest BCUT2D eigenvalue weighted by Crippen LogP contribution is 2.39. The highest BCUT2D eigenvalue weighted by atomic mass is 32.1. The minimum absolute atomic E-state index is 0.0992. The first-order valence-electron chi connectivity index (χ1n) is 15.0. The average molecular weight is 589 g/mol. The van der Waals surface area contributed by atoms with E-state index in [1.807, 2.05) is 5.38 Å². The van der Waals surface area contributed by atoms with Crippen LogP contribution in [0.3, 0.4) is 0 Å². The predicted octanol–water partition coefficient (Wildman–Crippen LogP) is 6.29. The van der Waals surface area contributed by atoms with Gasteiger partial charge in [0, 0.05) is 42.1 Å². The van der Waals surface area contributed by atoms with Crippen molar-refractivity contribution in [3.05, 3.63) is 64.8 Å². The molecule has 0 atom stereocenters. The van der Waals surface area contributed by atoms with Gasteiger partial charge >= 0.3 is 0 Å². The van der Waals surface area contributed by atoms with Crippen LogP contribution in [0.4, 0.5) is 4.39 Å². The zero-order valence-corrected chi connectivity index (χ0v) is 24.6. The van der Waals surface area contributed by atoms with Gasteiger partial charge in [0.05, 0.1) is 17.9 Å². The summed E-state index contributed by atoms with van der Waals surface area (Å²) in [5.41, 5.74) is 5.93. The molecule has 6 rings (SSSR count). The molecule has 1 fully saturated rings. The lowest BCUT2D eigenvalue weighted by molar-refractivity contribution is -0.122. The molecule has 1 amide bonds. The molecule has 220 valence electrons. The Balaban J connectivity index is 1.08. The van der Waals surface area contributed by atoms with Gasteiger partial charge in [-0.1, -0.05) is 31.4 Å². The van der Waals surface area contributed by atoms with Crippen molar-refractivity contribution in [1.29, 1.82) is 0 Å². The number of nitrogens with one attached hydrogen (secondary N) is 2. The number of nitrogens with zero attached hydrogens (tertiary/aromatic N) is 2. The highest BCUT2D eigenvalue weighted by Gasteiger charge is 2.19. The molecule has 3 heterocycles. The maximum atomic E-state index is 14.3. The van der Waals surface area contributed by atoms with Crippen molar-refractivity contribution < 1.29 is 18.7 Å². The molecule has 2 aliphatic rings. The van der Waals surface area contributed by atoms with Gasteiger partial charge in [0.25, 0.3) is 0 Å².